The number of unbranched alkanes of at least 4 members (excludes halogenated alkanes) is 1. The number of hydrogen-bond donors (Lipinski definition) is 3. The van der Waals surface area contributed by atoms with Crippen molar-refractivity contribution in [1.29, 1.82) is 0 Å². The highest BCUT2D eigenvalue weighted by Crippen LogP contribution is 2.11. The Labute approximate surface area is 181 Å². The van der Waals surface area contributed by atoms with Crippen LogP contribution in [0.1, 0.15) is 38.2 Å². The van der Waals surface area contributed by atoms with Crippen molar-refractivity contribution in [2.24, 2.45) is 0 Å². The van der Waals surface area contributed by atoms with Gasteiger partial charge in [0.2, 0.25) is 11.8 Å². The van der Waals surface area contributed by atoms with Gasteiger partial charge in [-0.3, -0.25) is 14.6 Å². The van der Waals surface area contributed by atoms with Crippen molar-refractivity contribution in [3.8, 4) is 0 Å². The summed E-state index contributed by atoms with van der Waals surface area (Å²) in [4.78, 5) is 29.8. The van der Waals surface area contributed by atoms with Crippen molar-refractivity contribution < 1.29 is 14.0 Å². The van der Waals surface area contributed by atoms with Crippen molar-refractivity contribution in [3.63, 3.8) is 0 Å². The van der Waals surface area contributed by atoms with Crippen LogP contribution in [0.2, 0.25) is 0 Å². The van der Waals surface area contributed by atoms with E-state index in [0.717, 1.165) is 17.8 Å². The third kappa shape index (κ3) is 8.65. The van der Waals surface area contributed by atoms with E-state index >= 15 is 0 Å². The molecular weight excluding hydrogens is 403 g/mol. The average molecular weight is 431 g/mol. The first-order valence-corrected chi connectivity index (χ1v) is 10.3. The molecule has 1 aromatic heterocycles. The number of aromatic nitrogens is 1. The Morgan fingerprint density at radius 1 is 1.17 bits per heavy atom. The van der Waals surface area contributed by atoms with E-state index in [2.05, 4.69) is 20.9 Å². The maximum absolute atomic E-state index is 13.8. The predicted octanol–water partition coefficient (Wildman–Crippen LogP) is 3.38. The number of halogens is 1. The van der Waals surface area contributed by atoms with E-state index in [4.69, 9.17) is 12.2 Å². The number of amides is 2. The second kappa shape index (κ2) is 12.6. The quantitative estimate of drug-likeness (QED) is 0.376. The van der Waals surface area contributed by atoms with Gasteiger partial charge in [0.15, 0.2) is 0 Å². The first-order chi connectivity index (χ1) is 14.5. The summed E-state index contributed by atoms with van der Waals surface area (Å²) in [7, 11) is 0. The number of carbonyl (C=O) groups is 2. The molecule has 0 aliphatic heterocycles. The van der Waals surface area contributed by atoms with Crippen molar-refractivity contribution in [2.45, 2.75) is 45.1 Å². The molecule has 0 saturated heterocycles. The fraction of sp³-hybridized carbons (Fsp3) is 0.364. The van der Waals surface area contributed by atoms with Crippen molar-refractivity contribution in [2.75, 3.05) is 11.9 Å². The topological polar surface area (TPSA) is 83.1 Å². The summed E-state index contributed by atoms with van der Waals surface area (Å²) in [5.41, 5.74) is 1.04. The fourth-order valence-corrected chi connectivity index (χ4v) is 2.99. The van der Waals surface area contributed by atoms with Crippen LogP contribution < -0.4 is 16.0 Å². The molecule has 0 saturated carbocycles. The minimum absolute atomic E-state index is 0.100. The highest BCUT2D eigenvalue weighted by Gasteiger charge is 2.21. The van der Waals surface area contributed by atoms with Crippen LogP contribution in [0, 0.1) is 5.82 Å². The zero-order valence-electron chi connectivity index (χ0n) is 17.0. The Hall–Kier alpha value is -2.87. The summed E-state index contributed by atoms with van der Waals surface area (Å²) in [6.07, 6.45) is 5.56. The second-order valence-electron chi connectivity index (χ2n) is 6.92. The molecule has 3 N–H and O–H groups in total. The Morgan fingerprint density at radius 2 is 1.97 bits per heavy atom. The van der Waals surface area contributed by atoms with Gasteiger partial charge in [0.1, 0.15) is 11.9 Å². The molecule has 0 fully saturated rings. The van der Waals surface area contributed by atoms with Gasteiger partial charge < -0.3 is 16.0 Å². The summed E-state index contributed by atoms with van der Waals surface area (Å²) in [5, 5.41) is 8.64. The monoisotopic (exact) mass is 430 g/mol. The van der Waals surface area contributed by atoms with Gasteiger partial charge in [-0.15, -0.1) is 0 Å². The average Bonchev–Trinajstić information content (AvgIpc) is 2.72. The molecule has 1 atom stereocenters. The van der Waals surface area contributed by atoms with E-state index in [1.807, 2.05) is 6.92 Å². The molecule has 2 rings (SSSR count). The number of anilines is 1. The fourth-order valence-electron chi connectivity index (χ4n) is 2.89. The molecule has 160 valence electrons. The molecule has 1 aromatic carbocycles. The summed E-state index contributed by atoms with van der Waals surface area (Å²) in [6.45, 7) is 2.53. The van der Waals surface area contributed by atoms with Crippen LogP contribution in [0.25, 0.3) is 0 Å². The Morgan fingerprint density at radius 3 is 2.67 bits per heavy atom. The van der Waals surface area contributed by atoms with E-state index in [0.29, 0.717) is 24.2 Å². The smallest absolute Gasteiger partial charge is 0.246 e. The molecule has 0 aliphatic carbocycles. The number of nitrogens with zero attached hydrogens (tertiary/aromatic N) is 1. The van der Waals surface area contributed by atoms with E-state index in [1.54, 1.807) is 42.7 Å². The molecule has 8 heteroatoms. The standard InChI is InChI=1S/C22H27FN4O2S/c1-16(30)25-14-5-4-10-20(22(29)26-18-8-6-13-24-15-18)27-21(28)12-11-17-7-2-3-9-19(17)23/h2-3,6-9,13,15,20H,4-5,10-12,14H2,1H3,(H,25,30)(H,26,29)(H,27,28)/t20-/m0/s1. The highest BCUT2D eigenvalue weighted by atomic mass is 32.1. The van der Waals surface area contributed by atoms with Gasteiger partial charge in [0.05, 0.1) is 16.9 Å². The van der Waals surface area contributed by atoms with Gasteiger partial charge in [0, 0.05) is 19.2 Å². The van der Waals surface area contributed by atoms with E-state index in [-0.39, 0.29) is 30.5 Å². The zero-order valence-corrected chi connectivity index (χ0v) is 17.8. The van der Waals surface area contributed by atoms with E-state index in [9.17, 15) is 14.0 Å². The van der Waals surface area contributed by atoms with Crippen molar-refractivity contribution in [1.82, 2.24) is 15.6 Å². The lowest BCUT2D eigenvalue weighted by atomic mass is 10.1. The largest absolute Gasteiger partial charge is 0.380 e. The number of pyridine rings is 1. The zero-order chi connectivity index (χ0) is 21.8. The first-order valence-electron chi connectivity index (χ1n) is 9.94. The number of hydrogen-bond acceptors (Lipinski definition) is 4. The highest BCUT2D eigenvalue weighted by molar-refractivity contribution is 7.80. The lowest BCUT2D eigenvalue weighted by Crippen LogP contribution is -2.44. The molecule has 6 nitrogen and oxygen atoms in total. The van der Waals surface area contributed by atoms with Crippen molar-refractivity contribution >= 4 is 34.7 Å². The van der Waals surface area contributed by atoms with Crippen molar-refractivity contribution in [3.05, 3.63) is 60.2 Å². The Kier molecular flexibility index (Phi) is 9.86. The summed E-state index contributed by atoms with van der Waals surface area (Å²) in [5.74, 6) is -0.934. The molecule has 0 bridgehead atoms. The molecule has 0 radical (unpaired) electrons. The second-order valence-corrected chi connectivity index (χ2v) is 7.53. The molecule has 2 aromatic rings. The van der Waals surface area contributed by atoms with Gasteiger partial charge in [-0.1, -0.05) is 30.4 Å². The normalized spacial score (nSPS) is 11.4. The SMILES string of the molecule is CC(=S)NCCCC[C@H](NC(=O)CCc1ccccc1F)C(=O)Nc1cccnc1. The third-order valence-electron chi connectivity index (χ3n) is 4.45. The maximum Gasteiger partial charge on any atom is 0.246 e. The number of aryl methyl sites for hydroxylation is 1. The number of nitrogens with one attached hydrogen (secondary N) is 3. The van der Waals surface area contributed by atoms with Gasteiger partial charge in [0.25, 0.3) is 0 Å². The molecule has 1 heterocycles. The Bertz CT molecular complexity index is 848. The minimum Gasteiger partial charge on any atom is -0.380 e. The molecule has 0 spiro atoms. The number of rotatable bonds is 11. The van der Waals surface area contributed by atoms with Gasteiger partial charge in [-0.2, -0.15) is 0 Å². The van der Waals surface area contributed by atoms with Crippen LogP contribution in [-0.4, -0.2) is 34.4 Å². The summed E-state index contributed by atoms with van der Waals surface area (Å²) < 4.78 is 13.8. The minimum atomic E-state index is -0.688. The third-order valence-corrected chi connectivity index (χ3v) is 4.60. The number of thiocarbonyl (C=S) groups is 1. The van der Waals surface area contributed by atoms with Crippen LogP contribution in [0.4, 0.5) is 10.1 Å². The maximum atomic E-state index is 13.8. The molecule has 2 amide bonds. The van der Waals surface area contributed by atoms with Crippen LogP contribution in [0.5, 0.6) is 0 Å². The lowest BCUT2D eigenvalue weighted by Gasteiger charge is -2.19. The van der Waals surface area contributed by atoms with E-state index < -0.39 is 6.04 Å². The molecular formula is C22H27FN4O2S. The van der Waals surface area contributed by atoms with Gasteiger partial charge in [-0.25, -0.2) is 4.39 Å². The summed E-state index contributed by atoms with van der Waals surface area (Å²) in [6, 6.07) is 9.12. The predicted molar refractivity (Wildman–Crippen MR) is 120 cm³/mol. The first kappa shape index (κ1) is 23.4. The lowest BCUT2D eigenvalue weighted by molar-refractivity contribution is -0.126. The number of benzene rings is 1. The molecule has 0 unspecified atom stereocenters. The van der Waals surface area contributed by atoms with Crippen LogP contribution in [-0.2, 0) is 16.0 Å². The van der Waals surface area contributed by atoms with Gasteiger partial charge in [-0.05, 0) is 56.4 Å². The summed E-state index contributed by atoms with van der Waals surface area (Å²) >= 11 is 4.98. The number of carbonyl (C=O) groups excluding carboxylic acids is 2. The Balaban J connectivity index is 1.91. The van der Waals surface area contributed by atoms with Crippen LogP contribution >= 0.6 is 12.2 Å². The molecule has 30 heavy (non-hydrogen) atoms. The van der Waals surface area contributed by atoms with Crippen LogP contribution in [0.15, 0.2) is 48.8 Å². The van der Waals surface area contributed by atoms with E-state index in [1.165, 1.54) is 6.07 Å². The molecule has 0 aliphatic rings. The van der Waals surface area contributed by atoms with Gasteiger partial charge >= 0.3 is 0 Å². The van der Waals surface area contributed by atoms with Crippen LogP contribution in [0.3, 0.4) is 0 Å².